The van der Waals surface area contributed by atoms with Crippen LogP contribution in [0.15, 0.2) is 72.8 Å². The molecule has 0 amide bonds. The molecule has 0 atom stereocenters. The summed E-state index contributed by atoms with van der Waals surface area (Å²) in [6.45, 7) is 0. The molecular weight excluding hydrogens is 418 g/mol. The summed E-state index contributed by atoms with van der Waals surface area (Å²) in [5, 5.41) is 0. The van der Waals surface area contributed by atoms with Crippen molar-refractivity contribution in [2.24, 2.45) is 0 Å². The van der Waals surface area contributed by atoms with E-state index in [1.807, 2.05) is 0 Å². The van der Waals surface area contributed by atoms with E-state index in [2.05, 4.69) is 3.54 Å². The molecule has 0 unspecified atom stereocenters. The number of hydrogen-bond donors (Lipinski definition) is 1. The molecule has 3 rings (SSSR count). The van der Waals surface area contributed by atoms with E-state index in [4.69, 9.17) is 0 Å². The maximum absolute atomic E-state index is 14.7. The predicted molar refractivity (Wildman–Crippen MR) is 92.9 cm³/mol. The van der Waals surface area contributed by atoms with Crippen LogP contribution in [-0.2, 0) is 0 Å². The molecule has 1 nitrogen and oxygen atoms in total. The van der Waals surface area contributed by atoms with Gasteiger partial charge in [0.25, 0.3) is 0 Å². The van der Waals surface area contributed by atoms with Crippen molar-refractivity contribution in [1.82, 2.24) is 3.54 Å². The Bertz CT molecular complexity index is 756. The SMILES string of the molecule is C[NH][Sn]([c]1ccccc1F)([c]1ccccc1F)[c]1ccccc1F. The van der Waals surface area contributed by atoms with Gasteiger partial charge in [-0.15, -0.1) is 0 Å². The van der Waals surface area contributed by atoms with Crippen molar-refractivity contribution in [3.05, 3.63) is 90.2 Å². The Morgan fingerprint density at radius 1 is 0.583 bits per heavy atom. The Morgan fingerprint density at radius 2 is 0.875 bits per heavy atom. The molecule has 3 aromatic rings. The number of rotatable bonds is 4. The first kappa shape index (κ1) is 17.0. The van der Waals surface area contributed by atoms with E-state index in [0.717, 1.165) is 0 Å². The summed E-state index contributed by atoms with van der Waals surface area (Å²) in [7, 11) is 1.65. The van der Waals surface area contributed by atoms with Crippen LogP contribution in [0, 0.1) is 17.5 Å². The van der Waals surface area contributed by atoms with Gasteiger partial charge in [-0.3, -0.25) is 0 Å². The monoisotopic (exact) mass is 435 g/mol. The molecule has 0 bridgehead atoms. The van der Waals surface area contributed by atoms with Crippen LogP contribution >= 0.6 is 0 Å². The normalized spacial score (nSPS) is 11.5. The van der Waals surface area contributed by atoms with Crippen LogP contribution in [-0.4, -0.2) is 25.7 Å². The van der Waals surface area contributed by atoms with Gasteiger partial charge in [0.15, 0.2) is 0 Å². The topological polar surface area (TPSA) is 12.0 Å². The third-order valence-corrected chi connectivity index (χ3v) is 16.7. The summed E-state index contributed by atoms with van der Waals surface area (Å²) in [4.78, 5) is 0. The van der Waals surface area contributed by atoms with Crippen LogP contribution in [0.2, 0.25) is 0 Å². The second-order valence-electron chi connectivity index (χ2n) is 5.44. The summed E-state index contributed by atoms with van der Waals surface area (Å²) >= 11 is -4.39. The van der Waals surface area contributed by atoms with Crippen molar-refractivity contribution in [3.63, 3.8) is 0 Å². The third kappa shape index (κ3) is 2.74. The predicted octanol–water partition coefficient (Wildman–Crippen LogP) is 2.29. The molecule has 0 heterocycles. The molecule has 0 aliphatic rings. The Kier molecular flexibility index (Phi) is 4.96. The Balaban J connectivity index is 2.43. The minimum atomic E-state index is -4.39. The van der Waals surface area contributed by atoms with Crippen molar-refractivity contribution in [3.8, 4) is 0 Å². The van der Waals surface area contributed by atoms with Gasteiger partial charge in [0.2, 0.25) is 0 Å². The van der Waals surface area contributed by atoms with Gasteiger partial charge in [-0.05, 0) is 0 Å². The van der Waals surface area contributed by atoms with Crippen molar-refractivity contribution in [1.29, 1.82) is 0 Å². The van der Waals surface area contributed by atoms with E-state index in [-0.39, 0.29) is 0 Å². The molecule has 0 saturated carbocycles. The Morgan fingerprint density at radius 3 is 1.12 bits per heavy atom. The number of halogens is 3. The Labute approximate surface area is 143 Å². The van der Waals surface area contributed by atoms with Gasteiger partial charge in [-0.1, -0.05) is 0 Å². The third-order valence-electron chi connectivity index (χ3n) is 4.21. The molecule has 0 spiro atoms. The summed E-state index contributed by atoms with van der Waals surface area (Å²) in [6, 6.07) is 18.7. The van der Waals surface area contributed by atoms with Crippen LogP contribution < -0.4 is 14.3 Å². The molecule has 122 valence electrons. The van der Waals surface area contributed by atoms with Gasteiger partial charge in [0, 0.05) is 0 Å². The summed E-state index contributed by atoms with van der Waals surface area (Å²) in [5.41, 5.74) is 0. The van der Waals surface area contributed by atoms with Gasteiger partial charge in [-0.25, -0.2) is 0 Å². The fourth-order valence-corrected chi connectivity index (χ4v) is 14.7. The van der Waals surface area contributed by atoms with Gasteiger partial charge < -0.3 is 0 Å². The molecule has 3 aromatic carbocycles. The van der Waals surface area contributed by atoms with E-state index < -0.39 is 36.1 Å². The minimum absolute atomic E-state index is 0.365. The second-order valence-corrected chi connectivity index (χ2v) is 15.8. The zero-order valence-electron chi connectivity index (χ0n) is 13.1. The van der Waals surface area contributed by atoms with E-state index >= 15 is 0 Å². The zero-order valence-corrected chi connectivity index (χ0v) is 15.9. The summed E-state index contributed by atoms with van der Waals surface area (Å²) in [5.74, 6) is -1.35. The van der Waals surface area contributed by atoms with Crippen LogP contribution in [0.1, 0.15) is 0 Å². The van der Waals surface area contributed by atoms with Crippen LogP contribution in [0.25, 0.3) is 0 Å². The van der Waals surface area contributed by atoms with Crippen molar-refractivity contribution < 1.29 is 13.2 Å². The first-order valence-corrected chi connectivity index (χ1v) is 13.3. The van der Waals surface area contributed by atoms with Crippen LogP contribution in [0.5, 0.6) is 0 Å². The van der Waals surface area contributed by atoms with Gasteiger partial charge in [-0.2, -0.15) is 0 Å². The summed E-state index contributed by atoms with van der Waals surface area (Å²) in [6.07, 6.45) is 0. The molecule has 0 fully saturated rings. The fraction of sp³-hybridized carbons (Fsp3) is 0.0526. The van der Waals surface area contributed by atoms with Gasteiger partial charge >= 0.3 is 143 Å². The molecule has 0 aliphatic heterocycles. The van der Waals surface area contributed by atoms with Gasteiger partial charge in [0.1, 0.15) is 0 Å². The van der Waals surface area contributed by atoms with Crippen LogP contribution in [0.3, 0.4) is 0 Å². The summed E-state index contributed by atoms with van der Waals surface area (Å²) < 4.78 is 48.3. The zero-order chi connectivity index (χ0) is 17.2. The first-order valence-electron chi connectivity index (χ1n) is 7.55. The van der Waals surface area contributed by atoms with Crippen molar-refractivity contribution in [2.75, 3.05) is 7.05 Å². The molecule has 5 heteroatoms. The molecule has 0 radical (unpaired) electrons. The maximum atomic E-state index is 14.7. The molecule has 0 aromatic heterocycles. The number of benzene rings is 3. The van der Waals surface area contributed by atoms with Crippen molar-refractivity contribution >= 4 is 29.4 Å². The average Bonchev–Trinajstić information content (AvgIpc) is 2.60. The van der Waals surface area contributed by atoms with Crippen molar-refractivity contribution in [2.45, 2.75) is 0 Å². The van der Waals surface area contributed by atoms with Crippen LogP contribution in [0.4, 0.5) is 13.2 Å². The molecule has 1 N–H and O–H groups in total. The molecule has 0 aliphatic carbocycles. The number of nitrogens with one attached hydrogen (secondary N) is 1. The van der Waals surface area contributed by atoms with Gasteiger partial charge in [0.05, 0.1) is 0 Å². The van der Waals surface area contributed by atoms with E-state index in [1.165, 1.54) is 18.2 Å². The van der Waals surface area contributed by atoms with E-state index in [1.54, 1.807) is 61.6 Å². The fourth-order valence-electron chi connectivity index (χ4n) is 3.14. The second kappa shape index (κ2) is 6.99. The Hall–Kier alpha value is -1.79. The quantitative estimate of drug-likeness (QED) is 0.622. The van der Waals surface area contributed by atoms with E-state index in [0.29, 0.717) is 10.7 Å². The van der Waals surface area contributed by atoms with E-state index in [9.17, 15) is 13.2 Å². The molecule has 24 heavy (non-hydrogen) atoms. The average molecular weight is 434 g/mol. The number of hydrogen-bond acceptors (Lipinski definition) is 1. The first-order chi connectivity index (χ1) is 11.6. The molecule has 0 saturated heterocycles. The molecular formula is C19H16F3NSn. The standard InChI is InChI=1S/3C6H4F.CH4N.Sn/c3*7-6-4-2-1-3-5-6;1-2;/h3*1-4H;2H,1H3;/q;;;-1;+1.